The number of hydrogen-bond acceptors (Lipinski definition) is 19. The molecule has 666 valence electrons. The van der Waals surface area contributed by atoms with Gasteiger partial charge in [-0.15, -0.1) is 0 Å². The first kappa shape index (κ1) is 93.5. The van der Waals surface area contributed by atoms with E-state index in [9.17, 15) is 41.9 Å². The smallest absolute Gasteiger partial charge is 0.355 e. The Labute approximate surface area is 761 Å². The van der Waals surface area contributed by atoms with Gasteiger partial charge in [0, 0.05) is 115 Å². The minimum Gasteiger partial charge on any atom is -0.396 e. The van der Waals surface area contributed by atoms with Crippen molar-refractivity contribution >= 4 is 125 Å². The number of carbonyl (C=O) groups excluding carboxylic acids is 3. The number of halogens is 8. The van der Waals surface area contributed by atoms with Crippen LogP contribution < -0.4 is 37.5 Å². The third-order valence-corrected chi connectivity index (χ3v) is 24.8. The van der Waals surface area contributed by atoms with E-state index in [2.05, 4.69) is 93.2 Å². The molecule has 9 aromatic heterocycles. The number of benzene rings is 3. The predicted molar refractivity (Wildman–Crippen MR) is 502 cm³/mol. The Morgan fingerprint density at radius 3 is 1.18 bits per heavy atom. The van der Waals surface area contributed by atoms with Crippen LogP contribution in [0.15, 0.2) is 166 Å². The highest BCUT2D eigenvalue weighted by atomic mass is 79.9. The largest absolute Gasteiger partial charge is 0.396 e. The topological polar surface area (TPSA) is 279 Å². The van der Waals surface area contributed by atoms with Gasteiger partial charge in [0.05, 0.1) is 88.1 Å². The number of piperazine rings is 3. The van der Waals surface area contributed by atoms with Crippen LogP contribution in [0.5, 0.6) is 0 Å². The molecule has 25 nitrogen and oxygen atoms in total. The van der Waals surface area contributed by atoms with Crippen molar-refractivity contribution in [3.05, 3.63) is 256 Å². The van der Waals surface area contributed by atoms with Crippen molar-refractivity contribution in [3.63, 3.8) is 0 Å². The summed E-state index contributed by atoms with van der Waals surface area (Å²) in [6.45, 7) is 44.9. The first-order valence-electron chi connectivity index (χ1n) is 42.1. The summed E-state index contributed by atoms with van der Waals surface area (Å²) in [6, 6.07) is 24.5. The van der Waals surface area contributed by atoms with E-state index in [4.69, 9.17) is 60.5 Å². The van der Waals surface area contributed by atoms with E-state index in [1.165, 1.54) is 39.5 Å². The second-order valence-corrected chi connectivity index (χ2v) is 35.9. The van der Waals surface area contributed by atoms with E-state index in [-0.39, 0.29) is 127 Å². The number of fused-ring (bicyclic) bond motifs is 3. The third-order valence-electron chi connectivity index (χ3n) is 23.5. The first-order valence-corrected chi connectivity index (χ1v) is 44.0. The number of nitrogens with two attached hydrogens (primary N) is 1. The van der Waals surface area contributed by atoms with E-state index >= 15 is 4.39 Å². The van der Waals surface area contributed by atoms with Crippen molar-refractivity contribution in [3.8, 4) is 50.8 Å². The van der Waals surface area contributed by atoms with Crippen LogP contribution in [0.25, 0.3) is 83.9 Å². The van der Waals surface area contributed by atoms with Gasteiger partial charge < -0.3 is 35.1 Å². The van der Waals surface area contributed by atoms with Crippen LogP contribution in [0.3, 0.4) is 0 Å². The Bertz CT molecular complexity index is 6630. The van der Waals surface area contributed by atoms with Gasteiger partial charge in [0.15, 0.2) is 34.4 Å². The Morgan fingerprint density at radius 1 is 0.438 bits per heavy atom. The SMILES string of the molecule is C=CC(=O)N1CC(C)N(c2nc(=O)n(-c3c(C(C)C)ccnc3C(C)C)c3nc(-c4ccccc4)c(Cl)cc23)CC1C.C=CC(=O)N1CC(C)N(c2nc(=O)n(-c3c(C)ccnc3C(C)C)c3nc(-c4cc(Br)ccc4F)c(Cl)cc23)CC1C.C=CC(=O)N1CC(C)N(c2nc(=O)n(-c3c(C)ccnc3C(C)C)c3nc(-c4cc(F)c(F)c(F)c4N)c(Cl)cc23)CC1C. The highest BCUT2D eigenvalue weighted by molar-refractivity contribution is 9.10. The molecule has 15 rings (SSSR count). The molecule has 0 radical (unpaired) electrons. The van der Waals surface area contributed by atoms with Crippen LogP contribution in [-0.2, 0) is 14.4 Å². The minimum absolute atomic E-state index is 0.00725. The molecule has 128 heavy (non-hydrogen) atoms. The van der Waals surface area contributed by atoms with Gasteiger partial charge in [0.1, 0.15) is 23.3 Å². The number of hydrogen-bond donors (Lipinski definition) is 1. The lowest BCUT2D eigenvalue weighted by Gasteiger charge is -2.44. The molecular weight excluding hydrogens is 1770 g/mol. The number of nitrogen functional groups attached to an aromatic ring is 1. The lowest BCUT2D eigenvalue weighted by atomic mass is 9.97. The Hall–Kier alpha value is -12.1. The van der Waals surface area contributed by atoms with Crippen LogP contribution in [0, 0.1) is 37.1 Å². The Balaban J connectivity index is 0.000000164. The number of rotatable bonds is 16. The quantitative estimate of drug-likeness (QED) is 0.0407. The van der Waals surface area contributed by atoms with Crippen LogP contribution in [0.1, 0.15) is 154 Å². The summed E-state index contributed by atoms with van der Waals surface area (Å²) < 4.78 is 63.1. The van der Waals surface area contributed by atoms with Crippen LogP contribution in [-0.4, -0.2) is 166 Å². The fourth-order valence-electron chi connectivity index (χ4n) is 17.0. The fraction of sp³-hybridized carbons (Fsp3) is 0.337. The van der Waals surface area contributed by atoms with E-state index in [1.54, 1.807) is 62.1 Å². The monoisotopic (exact) mass is 1860 g/mol. The molecule has 3 aromatic carbocycles. The van der Waals surface area contributed by atoms with E-state index in [1.807, 2.05) is 141 Å². The number of pyridine rings is 6. The maximum Gasteiger partial charge on any atom is 0.355 e. The van der Waals surface area contributed by atoms with E-state index in [0.717, 1.165) is 22.4 Å². The third kappa shape index (κ3) is 17.9. The molecule has 12 heterocycles. The summed E-state index contributed by atoms with van der Waals surface area (Å²) in [5.41, 5.74) is 12.1. The number of carbonyl (C=O) groups is 3. The summed E-state index contributed by atoms with van der Waals surface area (Å²) in [4.78, 5) is 133. The molecule has 0 saturated carbocycles. The van der Waals surface area contributed by atoms with Crippen molar-refractivity contribution in [2.45, 2.75) is 171 Å². The van der Waals surface area contributed by atoms with Gasteiger partial charge in [-0.05, 0) is 175 Å². The molecule has 2 N–H and O–H groups in total. The second-order valence-electron chi connectivity index (χ2n) is 33.8. The molecule has 3 amide bonds. The predicted octanol–water partition coefficient (Wildman–Crippen LogP) is 18.3. The molecule has 0 aliphatic carbocycles. The standard InChI is InChI=1S/C33H37ClN6O2.C31H31BrClFN6O2.C31H31ClF3N7O2/c1-8-27(41)38-17-22(7)39(18-21(38)6)31-25-16-26(34)29(23-12-10-9-11-13-23)36-32(25)40(33(42)37-31)30-24(19(2)3)14-15-35-28(30)20(4)5;1-7-25(41)38-14-19(6)39(15-18(38)5)29-22-13-23(33)27(21-12-20(32)8-9-24(21)34)36-30(22)40(31(42)37-29)28-17(4)10-11-35-26(28)16(2)3;1-7-22(43)40-12-17(6)41(13-16(40)5)29-19-10-20(32)27(18-11-21(33)23(34)24(35)25(18)36)38-30(19)42(31(44)39-29)28-15(4)8-9-37-26(28)14(2)3/h8-16,19-22H,1,17-18H2,2-7H3;7-13,16,18-19H,1,14-15H2,2-6H3;7-11,14,16-17H,1,12-13,36H2,2-6H3. The van der Waals surface area contributed by atoms with Crippen molar-refractivity contribution in [2.24, 2.45) is 0 Å². The summed E-state index contributed by atoms with van der Waals surface area (Å²) in [6.07, 6.45) is 9.06. The zero-order valence-electron chi connectivity index (χ0n) is 73.9. The van der Waals surface area contributed by atoms with Crippen LogP contribution >= 0.6 is 50.7 Å². The highest BCUT2D eigenvalue weighted by Crippen LogP contribution is 2.44. The molecule has 0 bridgehead atoms. The first-order chi connectivity index (χ1) is 60.7. The number of anilines is 4. The average Bonchev–Trinajstić information content (AvgIpc) is 0.738. The zero-order valence-corrected chi connectivity index (χ0v) is 77.7. The molecular formula is C95H99BrCl3F4N19O6. The Kier molecular flexibility index (Phi) is 27.8. The van der Waals surface area contributed by atoms with Crippen molar-refractivity contribution in [1.82, 2.24) is 73.3 Å². The maximum atomic E-state index is 15.1. The van der Waals surface area contributed by atoms with Gasteiger partial charge in [-0.2, -0.15) is 15.0 Å². The molecule has 3 aliphatic rings. The molecule has 3 saturated heterocycles. The van der Waals surface area contributed by atoms with Crippen LogP contribution in [0.2, 0.25) is 15.1 Å². The summed E-state index contributed by atoms with van der Waals surface area (Å²) in [5, 5.41) is 2.16. The minimum atomic E-state index is -1.73. The van der Waals surface area contributed by atoms with Crippen molar-refractivity contribution in [2.75, 3.05) is 59.7 Å². The normalized spacial score (nSPS) is 17.2. The summed E-state index contributed by atoms with van der Waals surface area (Å²) >= 11 is 23.9. The maximum absolute atomic E-state index is 15.1. The molecule has 12 aromatic rings. The second kappa shape index (κ2) is 38.0. The van der Waals surface area contributed by atoms with Gasteiger partial charge >= 0.3 is 17.1 Å². The number of amides is 3. The highest BCUT2D eigenvalue weighted by Gasteiger charge is 2.39. The molecule has 6 atom stereocenters. The lowest BCUT2D eigenvalue weighted by Crippen LogP contribution is -2.58. The van der Waals surface area contributed by atoms with Gasteiger partial charge in [-0.1, -0.05) is 156 Å². The molecule has 3 aliphatic heterocycles. The van der Waals surface area contributed by atoms with Gasteiger partial charge in [0.2, 0.25) is 17.7 Å². The van der Waals surface area contributed by atoms with Gasteiger partial charge in [0.25, 0.3) is 0 Å². The van der Waals surface area contributed by atoms with E-state index < -0.39 is 46.0 Å². The van der Waals surface area contributed by atoms with Gasteiger partial charge in [-0.25, -0.2) is 60.6 Å². The molecule has 33 heteroatoms. The molecule has 6 unspecified atom stereocenters. The van der Waals surface area contributed by atoms with Crippen molar-refractivity contribution < 1.29 is 31.9 Å². The summed E-state index contributed by atoms with van der Waals surface area (Å²) in [7, 11) is 0. The number of nitrogens with zero attached hydrogens (tertiary/aromatic N) is 18. The number of aromatic nitrogens is 12. The van der Waals surface area contributed by atoms with Gasteiger partial charge in [-0.3, -0.25) is 29.3 Å². The molecule has 0 spiro atoms. The molecule has 3 fully saturated rings. The summed E-state index contributed by atoms with van der Waals surface area (Å²) in [5.74, 6) is -4.51. The fourth-order valence-corrected chi connectivity index (χ4v) is 18.1. The van der Waals surface area contributed by atoms with Crippen LogP contribution in [0.4, 0.5) is 40.7 Å². The number of aryl methyl sites for hydroxylation is 2. The Morgan fingerprint density at radius 2 is 0.797 bits per heavy atom. The zero-order chi connectivity index (χ0) is 92.9. The lowest BCUT2D eigenvalue weighted by molar-refractivity contribution is -0.129. The van der Waals surface area contributed by atoms with E-state index in [0.29, 0.717) is 128 Å². The average molecular weight is 1870 g/mol. The van der Waals surface area contributed by atoms with Crippen molar-refractivity contribution in [1.29, 1.82) is 0 Å².